The summed E-state index contributed by atoms with van der Waals surface area (Å²) in [4.78, 5) is 39.9. The van der Waals surface area contributed by atoms with Gasteiger partial charge in [-0.3, -0.25) is 14.5 Å². The number of hydrogen-bond acceptors (Lipinski definition) is 4. The van der Waals surface area contributed by atoms with Crippen LogP contribution in [0.4, 0.5) is 5.82 Å². The molecule has 32 heavy (non-hydrogen) atoms. The Balaban J connectivity index is 1.34. The highest BCUT2D eigenvalue weighted by atomic mass is 16.2. The molecule has 3 fully saturated rings. The van der Waals surface area contributed by atoms with Crippen molar-refractivity contribution in [3.05, 3.63) is 17.1 Å². The number of likely N-dealkylation sites (tertiary alicyclic amines) is 1. The van der Waals surface area contributed by atoms with E-state index < -0.39 is 0 Å². The SMILES string of the molecule is Cc1nc(C2CCN(C(=O)C3CCCCC3)C2)nc2c1CCC(=O)N2CC1CCCCC1. The molecule has 1 atom stereocenters. The normalized spacial score (nSPS) is 25.3. The molecule has 0 radical (unpaired) electrons. The van der Waals surface area contributed by atoms with Gasteiger partial charge in [-0.1, -0.05) is 38.5 Å². The molecule has 6 heteroatoms. The number of carbonyl (C=O) groups excluding carboxylic acids is 2. The fraction of sp³-hybridized carbons (Fsp3) is 0.769. The minimum Gasteiger partial charge on any atom is -0.342 e. The Morgan fingerprint density at radius 2 is 1.66 bits per heavy atom. The molecule has 2 aliphatic carbocycles. The predicted octanol–water partition coefficient (Wildman–Crippen LogP) is 4.54. The van der Waals surface area contributed by atoms with Crippen LogP contribution in [0.2, 0.25) is 0 Å². The van der Waals surface area contributed by atoms with E-state index in [0.717, 1.165) is 68.2 Å². The molecule has 0 spiro atoms. The first-order valence-electron chi connectivity index (χ1n) is 13.1. The lowest BCUT2D eigenvalue weighted by atomic mass is 9.88. The van der Waals surface area contributed by atoms with Gasteiger partial charge in [-0.25, -0.2) is 9.97 Å². The Bertz CT molecular complexity index is 858. The smallest absolute Gasteiger partial charge is 0.228 e. The Morgan fingerprint density at radius 3 is 2.41 bits per heavy atom. The summed E-state index contributed by atoms with van der Waals surface area (Å²) in [6.45, 7) is 4.41. The number of aromatic nitrogens is 2. The number of anilines is 1. The molecule has 2 amide bonds. The van der Waals surface area contributed by atoms with Crippen LogP contribution in [0.15, 0.2) is 0 Å². The maximum absolute atomic E-state index is 13.0. The molecule has 0 aromatic carbocycles. The third-order valence-corrected chi connectivity index (χ3v) is 8.34. The van der Waals surface area contributed by atoms with E-state index in [9.17, 15) is 9.59 Å². The molecular weight excluding hydrogens is 400 g/mol. The second-order valence-electron chi connectivity index (χ2n) is 10.6. The van der Waals surface area contributed by atoms with Crippen molar-refractivity contribution in [1.82, 2.24) is 14.9 Å². The maximum Gasteiger partial charge on any atom is 0.228 e. The lowest BCUT2D eigenvalue weighted by Crippen LogP contribution is -2.40. The van der Waals surface area contributed by atoms with Gasteiger partial charge in [0.25, 0.3) is 0 Å². The summed E-state index contributed by atoms with van der Waals surface area (Å²) < 4.78 is 0. The predicted molar refractivity (Wildman–Crippen MR) is 125 cm³/mol. The number of aryl methyl sites for hydroxylation is 1. The number of carbonyl (C=O) groups is 2. The van der Waals surface area contributed by atoms with Crippen LogP contribution in [0.25, 0.3) is 0 Å². The standard InChI is InChI=1S/C26H38N4O2/c1-18-22-12-13-23(31)30(16-19-8-4-2-5-9-19)25(22)28-24(27-18)21-14-15-29(17-21)26(32)20-10-6-3-7-11-20/h19-21H,2-17H2,1H3. The van der Waals surface area contributed by atoms with Crippen LogP contribution in [0.5, 0.6) is 0 Å². The van der Waals surface area contributed by atoms with Crippen LogP contribution in [0, 0.1) is 18.8 Å². The van der Waals surface area contributed by atoms with Crippen molar-refractivity contribution in [3.63, 3.8) is 0 Å². The zero-order valence-corrected chi connectivity index (χ0v) is 19.7. The molecular formula is C26H38N4O2. The topological polar surface area (TPSA) is 66.4 Å². The summed E-state index contributed by atoms with van der Waals surface area (Å²) in [5.74, 6) is 3.25. The summed E-state index contributed by atoms with van der Waals surface area (Å²) in [6, 6.07) is 0. The molecule has 4 aliphatic rings. The van der Waals surface area contributed by atoms with E-state index in [0.29, 0.717) is 18.2 Å². The quantitative estimate of drug-likeness (QED) is 0.692. The maximum atomic E-state index is 13.0. The van der Waals surface area contributed by atoms with E-state index >= 15 is 0 Å². The van der Waals surface area contributed by atoms with Crippen LogP contribution in [0.1, 0.15) is 100 Å². The lowest BCUT2D eigenvalue weighted by molar-refractivity contribution is -0.135. The van der Waals surface area contributed by atoms with Gasteiger partial charge >= 0.3 is 0 Å². The van der Waals surface area contributed by atoms with Crippen LogP contribution in [0.3, 0.4) is 0 Å². The zero-order valence-electron chi connectivity index (χ0n) is 19.7. The van der Waals surface area contributed by atoms with Crippen molar-refractivity contribution in [2.24, 2.45) is 11.8 Å². The van der Waals surface area contributed by atoms with Gasteiger partial charge in [0.1, 0.15) is 11.6 Å². The minimum atomic E-state index is 0.181. The highest BCUT2D eigenvalue weighted by Crippen LogP contribution is 2.35. The number of nitrogens with zero attached hydrogens (tertiary/aromatic N) is 4. The average molecular weight is 439 g/mol. The van der Waals surface area contributed by atoms with E-state index in [4.69, 9.17) is 9.97 Å². The van der Waals surface area contributed by atoms with Gasteiger partial charge < -0.3 is 4.90 Å². The number of amides is 2. The first kappa shape index (κ1) is 21.8. The minimum absolute atomic E-state index is 0.181. The average Bonchev–Trinajstić information content (AvgIpc) is 3.32. The first-order valence-corrected chi connectivity index (χ1v) is 13.1. The molecule has 1 unspecified atom stereocenters. The third-order valence-electron chi connectivity index (χ3n) is 8.34. The molecule has 1 aromatic rings. The molecule has 5 rings (SSSR count). The van der Waals surface area contributed by atoms with E-state index in [2.05, 4.69) is 11.8 Å². The van der Waals surface area contributed by atoms with Crippen molar-refractivity contribution in [2.45, 2.75) is 96.3 Å². The molecule has 0 bridgehead atoms. The Labute approximate surface area is 192 Å². The van der Waals surface area contributed by atoms with Gasteiger partial charge in [-0.05, 0) is 51.4 Å². The van der Waals surface area contributed by atoms with E-state index in [1.807, 2.05) is 4.90 Å². The van der Waals surface area contributed by atoms with Gasteiger partial charge in [0, 0.05) is 49.1 Å². The summed E-state index contributed by atoms with van der Waals surface area (Å²) in [5, 5.41) is 0. The van der Waals surface area contributed by atoms with Crippen molar-refractivity contribution in [3.8, 4) is 0 Å². The fourth-order valence-corrected chi connectivity index (χ4v) is 6.38. The van der Waals surface area contributed by atoms with Crippen molar-refractivity contribution in [1.29, 1.82) is 0 Å². The largest absolute Gasteiger partial charge is 0.342 e. The lowest BCUT2D eigenvalue weighted by Gasteiger charge is -2.33. The molecule has 2 aliphatic heterocycles. The molecule has 6 nitrogen and oxygen atoms in total. The van der Waals surface area contributed by atoms with Crippen molar-refractivity contribution in [2.75, 3.05) is 24.5 Å². The molecule has 1 aromatic heterocycles. The van der Waals surface area contributed by atoms with Gasteiger partial charge in [0.2, 0.25) is 11.8 Å². The van der Waals surface area contributed by atoms with Crippen LogP contribution >= 0.6 is 0 Å². The van der Waals surface area contributed by atoms with Gasteiger partial charge in [-0.2, -0.15) is 0 Å². The number of rotatable bonds is 4. The second-order valence-corrected chi connectivity index (χ2v) is 10.6. The zero-order chi connectivity index (χ0) is 22.1. The Morgan fingerprint density at radius 1 is 0.938 bits per heavy atom. The van der Waals surface area contributed by atoms with Crippen LogP contribution in [-0.4, -0.2) is 46.3 Å². The first-order chi connectivity index (χ1) is 15.6. The molecule has 174 valence electrons. The second kappa shape index (κ2) is 9.48. The highest BCUT2D eigenvalue weighted by Gasteiger charge is 2.35. The summed E-state index contributed by atoms with van der Waals surface area (Å²) in [5.41, 5.74) is 2.17. The Kier molecular flexibility index (Phi) is 6.47. The van der Waals surface area contributed by atoms with Crippen molar-refractivity contribution < 1.29 is 9.59 Å². The Hall–Kier alpha value is -1.98. The molecule has 3 heterocycles. The number of hydrogen-bond donors (Lipinski definition) is 0. The number of fused-ring (bicyclic) bond motifs is 1. The van der Waals surface area contributed by atoms with Crippen LogP contribution < -0.4 is 4.90 Å². The van der Waals surface area contributed by atoms with E-state index in [1.54, 1.807) is 0 Å². The van der Waals surface area contributed by atoms with Gasteiger partial charge in [-0.15, -0.1) is 0 Å². The molecule has 1 saturated heterocycles. The van der Waals surface area contributed by atoms with Crippen LogP contribution in [-0.2, 0) is 16.0 Å². The molecule has 2 saturated carbocycles. The van der Waals surface area contributed by atoms with Gasteiger partial charge in [0.15, 0.2) is 0 Å². The monoisotopic (exact) mass is 438 g/mol. The summed E-state index contributed by atoms with van der Waals surface area (Å²) in [6.07, 6.45) is 14.3. The van der Waals surface area contributed by atoms with Gasteiger partial charge in [0.05, 0.1) is 0 Å². The molecule has 0 N–H and O–H groups in total. The summed E-state index contributed by atoms with van der Waals surface area (Å²) in [7, 11) is 0. The summed E-state index contributed by atoms with van der Waals surface area (Å²) >= 11 is 0. The third kappa shape index (κ3) is 4.42. The fourth-order valence-electron chi connectivity index (χ4n) is 6.38. The van der Waals surface area contributed by atoms with E-state index in [-0.39, 0.29) is 17.7 Å². The highest BCUT2D eigenvalue weighted by molar-refractivity contribution is 5.95. The van der Waals surface area contributed by atoms with Crippen molar-refractivity contribution >= 4 is 17.6 Å². The van der Waals surface area contributed by atoms with E-state index in [1.165, 1.54) is 51.4 Å².